The van der Waals surface area contributed by atoms with Gasteiger partial charge in [-0.3, -0.25) is 0 Å². The van der Waals surface area contributed by atoms with Gasteiger partial charge in [-0.1, -0.05) is 53.2 Å². The van der Waals surface area contributed by atoms with Crippen LogP contribution in [0, 0.1) is 0 Å². The molecule has 0 aliphatic rings. The minimum Gasteiger partial charge on any atom is -0.493 e. The normalized spacial score (nSPS) is 13.8. The third-order valence-corrected chi connectivity index (χ3v) is 3.81. The van der Waals surface area contributed by atoms with Crippen molar-refractivity contribution in [2.75, 3.05) is 6.61 Å². The van der Waals surface area contributed by atoms with Crippen molar-refractivity contribution in [2.45, 2.75) is 25.9 Å². The van der Waals surface area contributed by atoms with Crippen LogP contribution in [-0.4, -0.2) is 11.7 Å². The summed E-state index contributed by atoms with van der Waals surface area (Å²) >= 11 is 3.41. The van der Waals surface area contributed by atoms with Crippen LogP contribution in [0.25, 0.3) is 0 Å². The molecule has 2 aromatic rings. The SMILES string of the molecule is CCCOc1ccccc1C(C)(O)c1ccc(Br)cc1. The van der Waals surface area contributed by atoms with Gasteiger partial charge in [0.1, 0.15) is 11.4 Å². The Hall–Kier alpha value is -1.32. The number of hydrogen-bond donors (Lipinski definition) is 1. The Morgan fingerprint density at radius 2 is 1.75 bits per heavy atom. The van der Waals surface area contributed by atoms with Crippen LogP contribution >= 0.6 is 15.9 Å². The third kappa shape index (κ3) is 3.22. The molecule has 0 fully saturated rings. The van der Waals surface area contributed by atoms with Crippen LogP contribution in [0.4, 0.5) is 0 Å². The molecule has 106 valence electrons. The minimum absolute atomic E-state index is 0.646. The van der Waals surface area contributed by atoms with E-state index >= 15 is 0 Å². The van der Waals surface area contributed by atoms with Crippen molar-refractivity contribution >= 4 is 15.9 Å². The molecule has 0 spiro atoms. The number of benzene rings is 2. The van der Waals surface area contributed by atoms with E-state index in [0.29, 0.717) is 6.61 Å². The Balaban J connectivity index is 2.40. The summed E-state index contributed by atoms with van der Waals surface area (Å²) in [5.41, 5.74) is 0.550. The fourth-order valence-electron chi connectivity index (χ4n) is 2.14. The van der Waals surface area contributed by atoms with Gasteiger partial charge in [0.05, 0.1) is 6.61 Å². The molecule has 0 aliphatic heterocycles. The van der Waals surface area contributed by atoms with Crippen molar-refractivity contribution in [1.82, 2.24) is 0 Å². The predicted molar refractivity (Wildman–Crippen MR) is 85.0 cm³/mol. The molecule has 3 heteroatoms. The van der Waals surface area contributed by atoms with E-state index in [1.165, 1.54) is 0 Å². The van der Waals surface area contributed by atoms with Gasteiger partial charge in [-0.05, 0) is 37.1 Å². The van der Waals surface area contributed by atoms with E-state index in [1.807, 2.05) is 48.5 Å². The first-order valence-electron chi connectivity index (χ1n) is 6.76. The average molecular weight is 335 g/mol. The average Bonchev–Trinajstić information content (AvgIpc) is 2.46. The summed E-state index contributed by atoms with van der Waals surface area (Å²) in [6.45, 7) is 4.51. The van der Waals surface area contributed by atoms with Gasteiger partial charge in [-0.15, -0.1) is 0 Å². The molecule has 0 aliphatic carbocycles. The molecule has 2 rings (SSSR count). The lowest BCUT2D eigenvalue weighted by Gasteiger charge is -2.26. The van der Waals surface area contributed by atoms with E-state index in [0.717, 1.165) is 27.8 Å². The Labute approximate surface area is 128 Å². The smallest absolute Gasteiger partial charge is 0.125 e. The van der Waals surface area contributed by atoms with Crippen LogP contribution in [0.5, 0.6) is 5.75 Å². The maximum atomic E-state index is 10.9. The predicted octanol–water partition coefficient (Wildman–Crippen LogP) is 4.49. The third-order valence-electron chi connectivity index (χ3n) is 3.28. The number of hydrogen-bond acceptors (Lipinski definition) is 2. The van der Waals surface area contributed by atoms with Crippen molar-refractivity contribution in [3.63, 3.8) is 0 Å². The molecular weight excluding hydrogens is 316 g/mol. The number of rotatable bonds is 5. The van der Waals surface area contributed by atoms with Crippen molar-refractivity contribution in [3.05, 3.63) is 64.1 Å². The van der Waals surface area contributed by atoms with Gasteiger partial charge in [0.2, 0.25) is 0 Å². The van der Waals surface area contributed by atoms with Gasteiger partial charge in [-0.2, -0.15) is 0 Å². The van der Waals surface area contributed by atoms with Crippen LogP contribution in [0.3, 0.4) is 0 Å². The molecule has 0 aromatic heterocycles. The Morgan fingerprint density at radius 3 is 2.40 bits per heavy atom. The topological polar surface area (TPSA) is 29.5 Å². The van der Waals surface area contributed by atoms with Crippen LogP contribution in [0.1, 0.15) is 31.4 Å². The van der Waals surface area contributed by atoms with E-state index in [1.54, 1.807) is 6.92 Å². The Bertz CT molecular complexity index is 561. The molecule has 0 bridgehead atoms. The highest BCUT2D eigenvalue weighted by Gasteiger charge is 2.28. The van der Waals surface area contributed by atoms with Crippen LogP contribution in [0.15, 0.2) is 53.0 Å². The van der Waals surface area contributed by atoms with Gasteiger partial charge in [-0.25, -0.2) is 0 Å². The lowest BCUT2D eigenvalue weighted by Crippen LogP contribution is -2.23. The highest BCUT2D eigenvalue weighted by atomic mass is 79.9. The van der Waals surface area contributed by atoms with Gasteiger partial charge >= 0.3 is 0 Å². The Kier molecular flexibility index (Phi) is 4.84. The summed E-state index contributed by atoms with van der Waals surface area (Å²) in [6.07, 6.45) is 0.939. The zero-order chi connectivity index (χ0) is 14.6. The second-order valence-electron chi connectivity index (χ2n) is 4.92. The number of halogens is 1. The minimum atomic E-state index is -1.08. The fourth-order valence-corrected chi connectivity index (χ4v) is 2.40. The van der Waals surface area contributed by atoms with Gasteiger partial charge in [0, 0.05) is 10.0 Å². The molecule has 0 heterocycles. The molecular formula is C17H19BrO2. The summed E-state index contributed by atoms with van der Waals surface area (Å²) in [5.74, 6) is 0.738. The lowest BCUT2D eigenvalue weighted by atomic mass is 9.87. The first-order chi connectivity index (χ1) is 9.55. The molecule has 1 N–H and O–H groups in total. The van der Waals surface area contributed by atoms with Gasteiger partial charge < -0.3 is 9.84 Å². The van der Waals surface area contributed by atoms with Crippen LogP contribution in [-0.2, 0) is 5.60 Å². The molecule has 1 atom stereocenters. The number of para-hydroxylation sites is 1. The maximum absolute atomic E-state index is 10.9. The van der Waals surface area contributed by atoms with E-state index in [4.69, 9.17) is 4.74 Å². The maximum Gasteiger partial charge on any atom is 0.125 e. The van der Waals surface area contributed by atoms with Crippen molar-refractivity contribution < 1.29 is 9.84 Å². The molecule has 1 unspecified atom stereocenters. The molecule has 2 nitrogen and oxygen atoms in total. The van der Waals surface area contributed by atoms with Crippen molar-refractivity contribution in [2.24, 2.45) is 0 Å². The number of aliphatic hydroxyl groups is 1. The summed E-state index contributed by atoms with van der Waals surface area (Å²) in [5, 5.41) is 10.9. The molecule has 0 radical (unpaired) electrons. The summed E-state index contributed by atoms with van der Waals surface area (Å²) < 4.78 is 6.74. The standard InChI is InChI=1S/C17H19BrO2/c1-3-12-20-16-7-5-4-6-15(16)17(2,19)13-8-10-14(18)11-9-13/h4-11,19H,3,12H2,1-2H3. The lowest BCUT2D eigenvalue weighted by molar-refractivity contribution is 0.0978. The van der Waals surface area contributed by atoms with E-state index in [9.17, 15) is 5.11 Å². The quantitative estimate of drug-likeness (QED) is 0.872. The van der Waals surface area contributed by atoms with Crippen LogP contribution < -0.4 is 4.74 Å². The van der Waals surface area contributed by atoms with Crippen LogP contribution in [0.2, 0.25) is 0 Å². The van der Waals surface area contributed by atoms with Gasteiger partial charge in [0.15, 0.2) is 0 Å². The first kappa shape index (κ1) is 15.1. The molecule has 0 saturated carbocycles. The molecule has 20 heavy (non-hydrogen) atoms. The first-order valence-corrected chi connectivity index (χ1v) is 7.55. The second kappa shape index (κ2) is 6.42. The van der Waals surface area contributed by atoms with E-state index in [-0.39, 0.29) is 0 Å². The highest BCUT2D eigenvalue weighted by molar-refractivity contribution is 9.10. The molecule has 0 saturated heterocycles. The molecule has 0 amide bonds. The largest absolute Gasteiger partial charge is 0.493 e. The zero-order valence-electron chi connectivity index (χ0n) is 11.8. The van der Waals surface area contributed by atoms with E-state index < -0.39 is 5.60 Å². The van der Waals surface area contributed by atoms with Gasteiger partial charge in [0.25, 0.3) is 0 Å². The fraction of sp³-hybridized carbons (Fsp3) is 0.294. The second-order valence-corrected chi connectivity index (χ2v) is 5.84. The Morgan fingerprint density at radius 1 is 1.10 bits per heavy atom. The summed E-state index contributed by atoms with van der Waals surface area (Å²) in [7, 11) is 0. The monoisotopic (exact) mass is 334 g/mol. The van der Waals surface area contributed by atoms with Crippen molar-refractivity contribution in [1.29, 1.82) is 0 Å². The van der Waals surface area contributed by atoms with E-state index in [2.05, 4.69) is 22.9 Å². The zero-order valence-corrected chi connectivity index (χ0v) is 13.4. The summed E-state index contributed by atoms with van der Waals surface area (Å²) in [4.78, 5) is 0. The number of ether oxygens (including phenoxy) is 1. The summed E-state index contributed by atoms with van der Waals surface area (Å²) in [6, 6.07) is 15.3. The van der Waals surface area contributed by atoms with Crippen molar-refractivity contribution in [3.8, 4) is 5.75 Å². The molecule has 2 aromatic carbocycles. The highest BCUT2D eigenvalue weighted by Crippen LogP contribution is 2.35.